The van der Waals surface area contributed by atoms with Crippen molar-refractivity contribution < 1.29 is 59.1 Å². The topological polar surface area (TPSA) is 142 Å². The van der Waals surface area contributed by atoms with E-state index in [2.05, 4.69) is 60.2 Å². The monoisotopic (exact) mass is 469 g/mol. The summed E-state index contributed by atoms with van der Waals surface area (Å²) in [7, 11) is -2.60. The molecule has 0 amide bonds. The first-order valence-corrected chi connectivity index (χ1v) is 10.8. The van der Waals surface area contributed by atoms with Crippen molar-refractivity contribution in [3.63, 3.8) is 0 Å². The predicted octanol–water partition coefficient (Wildman–Crippen LogP) is 0.378. The second kappa shape index (κ2) is 15.6. The number of halogens is 1. The second-order valence-corrected chi connectivity index (χ2v) is 8.65. The molecule has 0 heterocycles. The van der Waals surface area contributed by atoms with E-state index in [-0.39, 0.29) is 41.1 Å². The van der Waals surface area contributed by atoms with Crippen molar-refractivity contribution in [2.24, 2.45) is 0 Å². The molecule has 0 aliphatic heterocycles. The maximum atomic E-state index is 12.6. The van der Waals surface area contributed by atoms with Crippen molar-refractivity contribution in [1.82, 2.24) is 6.15 Å². The van der Waals surface area contributed by atoms with E-state index in [1.54, 1.807) is 0 Å². The molecule has 30 heavy (non-hydrogen) atoms. The summed E-state index contributed by atoms with van der Waals surface area (Å²) in [5.74, 6) is 1.13. The Kier molecular flexibility index (Phi) is 18.0. The van der Waals surface area contributed by atoms with Crippen LogP contribution in [0.3, 0.4) is 0 Å². The van der Waals surface area contributed by atoms with Crippen LogP contribution in [0, 0.1) is 21.4 Å². The molecule has 0 bridgehead atoms. The van der Waals surface area contributed by atoms with Crippen LogP contribution in [0.15, 0.2) is 6.07 Å². The van der Waals surface area contributed by atoms with Gasteiger partial charge in [0.25, 0.3) is 10.8 Å². The zero-order valence-corrected chi connectivity index (χ0v) is 23.2. The van der Waals surface area contributed by atoms with Crippen LogP contribution in [0.2, 0.25) is 0 Å². The number of ketones is 1. The van der Waals surface area contributed by atoms with Crippen molar-refractivity contribution in [2.75, 3.05) is 0 Å². The van der Waals surface area contributed by atoms with E-state index in [1.807, 2.05) is 6.92 Å². The van der Waals surface area contributed by atoms with Gasteiger partial charge in [-0.2, -0.15) is 5.26 Å². The standard InChI is InChI=1S/C20H30O.CHNS.ClHO3.H3N.Na/c1-8-17(21)19-15(12(2)3)11-16-14(18(19)13(4)5)9-10-20(16,6)7;2-1-3;2-1(3)4;;/h11-13H,8-10H2,1-7H3;3H;2H;1H3;/q;;;;+1. The maximum Gasteiger partial charge on any atom is 1.00 e. The minimum absolute atomic E-state index is 0. The van der Waals surface area contributed by atoms with E-state index in [1.165, 1.54) is 34.1 Å². The molecular weight excluding hydrogens is 435 g/mol. The average Bonchev–Trinajstić information content (AvgIpc) is 2.87. The Bertz CT molecular complexity index is 717. The second-order valence-electron chi connectivity index (χ2n) is 8.05. The Morgan fingerprint density at radius 3 is 2.07 bits per heavy atom. The minimum Gasteiger partial charge on any atom is -0.344 e. The Morgan fingerprint density at radius 2 is 1.73 bits per heavy atom. The number of nitriles is 1. The molecule has 1 aromatic carbocycles. The van der Waals surface area contributed by atoms with E-state index in [4.69, 9.17) is 19.2 Å². The van der Waals surface area contributed by atoms with E-state index in [0.29, 0.717) is 24.0 Å². The zero-order valence-electron chi connectivity index (χ0n) is 19.5. The van der Waals surface area contributed by atoms with Gasteiger partial charge in [0.2, 0.25) is 0 Å². The number of nitrogens with zero attached hydrogens (tertiary/aromatic N) is 1. The molecule has 0 spiro atoms. The molecule has 0 radical (unpaired) electrons. The molecule has 4 N–H and O–H groups in total. The molecule has 9 heteroatoms. The summed E-state index contributed by atoms with van der Waals surface area (Å²) in [5.41, 5.74) is 6.85. The van der Waals surface area contributed by atoms with Crippen LogP contribution in [0.1, 0.15) is 106 Å². The molecule has 0 saturated carbocycles. The Morgan fingerprint density at radius 1 is 1.30 bits per heavy atom. The fourth-order valence-corrected chi connectivity index (χ4v) is 3.79. The quantitative estimate of drug-likeness (QED) is 0.252. The molecule has 1 aromatic rings. The van der Waals surface area contributed by atoms with Crippen molar-refractivity contribution in [2.45, 2.75) is 85.0 Å². The first-order valence-electron chi connectivity index (χ1n) is 9.36. The summed E-state index contributed by atoms with van der Waals surface area (Å²) in [5, 5.41) is 8.63. The first-order chi connectivity index (χ1) is 12.8. The van der Waals surface area contributed by atoms with E-state index < -0.39 is 10.8 Å². The molecule has 0 unspecified atom stereocenters. The summed E-state index contributed by atoms with van der Waals surface area (Å²) in [6, 6.07) is 2.35. The van der Waals surface area contributed by atoms with Crippen molar-refractivity contribution in [3.05, 3.63) is 33.9 Å². The average molecular weight is 470 g/mol. The van der Waals surface area contributed by atoms with Gasteiger partial charge >= 0.3 is 29.6 Å². The molecule has 0 atom stereocenters. The SMILES string of the molecule is CCC(=O)c1c(C(C)C)cc2c(c1C(C)C)CCC2(C)C.N.N#CS.[Na+].[O-][Cl+2]([O-])O. The van der Waals surface area contributed by atoms with Gasteiger partial charge in [-0.25, -0.2) is 0 Å². The Balaban J connectivity index is -0.000000711. The fraction of sp³-hybridized carbons (Fsp3) is 0.619. The van der Waals surface area contributed by atoms with Gasteiger partial charge < -0.3 is 15.5 Å². The molecule has 1 aliphatic rings. The molecule has 0 saturated heterocycles. The number of hydrogen-bond donors (Lipinski definition) is 3. The molecule has 1 aliphatic carbocycles. The number of carbonyl (C=O) groups is 1. The largest absolute Gasteiger partial charge is 1.00 e. The van der Waals surface area contributed by atoms with Crippen LogP contribution in [-0.4, -0.2) is 10.4 Å². The number of hydrogen-bond acceptors (Lipinski definition) is 7. The molecular formula is C21H35ClN2NaO4S+. The van der Waals surface area contributed by atoms with Crippen LogP contribution < -0.4 is 45.0 Å². The van der Waals surface area contributed by atoms with Gasteiger partial charge in [-0.05, 0) is 52.3 Å². The van der Waals surface area contributed by atoms with Gasteiger partial charge in [-0.1, -0.05) is 67.2 Å². The number of Topliss-reactive ketones (excluding diaryl/α,β-unsaturated/α-hetero) is 1. The fourth-order valence-electron chi connectivity index (χ4n) is 3.79. The van der Waals surface area contributed by atoms with Gasteiger partial charge in [-0.3, -0.25) is 4.79 Å². The third kappa shape index (κ3) is 9.56. The summed E-state index contributed by atoms with van der Waals surface area (Å²) in [6.45, 7) is 15.5. The third-order valence-corrected chi connectivity index (χ3v) is 5.04. The van der Waals surface area contributed by atoms with Gasteiger partial charge in [-0.15, -0.1) is 0 Å². The first kappa shape index (κ1) is 34.5. The normalized spacial score (nSPS) is 13.1. The van der Waals surface area contributed by atoms with Gasteiger partial charge in [0.1, 0.15) is 5.40 Å². The smallest absolute Gasteiger partial charge is 0.344 e. The third-order valence-electron chi connectivity index (χ3n) is 5.04. The number of rotatable bonds is 4. The van der Waals surface area contributed by atoms with E-state index in [9.17, 15) is 4.79 Å². The van der Waals surface area contributed by atoms with Crippen molar-refractivity contribution >= 4 is 18.4 Å². The zero-order chi connectivity index (χ0) is 22.2. The number of thiocyanates is 1. The summed E-state index contributed by atoms with van der Waals surface area (Å²) < 4.78 is 24.0. The van der Waals surface area contributed by atoms with Crippen molar-refractivity contribution in [3.8, 4) is 5.40 Å². The number of benzene rings is 1. The summed E-state index contributed by atoms with van der Waals surface area (Å²) in [6.07, 6.45) is 2.92. The number of carbonyl (C=O) groups excluding carboxylic acids is 1. The van der Waals surface area contributed by atoms with Gasteiger partial charge in [0.05, 0.1) is 0 Å². The van der Waals surface area contributed by atoms with Crippen LogP contribution in [0.25, 0.3) is 0 Å². The molecule has 6 nitrogen and oxygen atoms in total. The van der Waals surface area contributed by atoms with Crippen LogP contribution in [-0.2, 0) is 11.8 Å². The Labute approximate surface area is 212 Å². The van der Waals surface area contributed by atoms with E-state index >= 15 is 0 Å². The molecule has 0 aromatic heterocycles. The minimum atomic E-state index is -2.60. The number of thiol groups is 1. The van der Waals surface area contributed by atoms with Gasteiger partial charge in [0, 0.05) is 16.6 Å². The molecule has 166 valence electrons. The Hall–Kier alpha value is -0.140. The molecule has 2 rings (SSSR count). The van der Waals surface area contributed by atoms with Gasteiger partial charge in [0.15, 0.2) is 5.78 Å². The summed E-state index contributed by atoms with van der Waals surface area (Å²) in [4.78, 5) is 12.6. The number of fused-ring (bicyclic) bond motifs is 1. The van der Waals surface area contributed by atoms with E-state index in [0.717, 1.165) is 12.0 Å². The predicted molar refractivity (Wildman–Crippen MR) is 112 cm³/mol. The van der Waals surface area contributed by atoms with Crippen LogP contribution in [0.5, 0.6) is 0 Å². The van der Waals surface area contributed by atoms with Crippen LogP contribution in [0.4, 0.5) is 0 Å². The molecule has 0 fully saturated rings. The summed E-state index contributed by atoms with van der Waals surface area (Å²) >= 11 is 3.09. The van der Waals surface area contributed by atoms with Crippen molar-refractivity contribution in [1.29, 1.82) is 5.26 Å². The van der Waals surface area contributed by atoms with Crippen LogP contribution >= 0.6 is 12.6 Å². The maximum absolute atomic E-state index is 12.6.